The zero-order chi connectivity index (χ0) is 8.53. The molecule has 0 aliphatic heterocycles. The summed E-state index contributed by atoms with van der Waals surface area (Å²) in [6.45, 7) is 2.33. The van der Waals surface area contributed by atoms with Crippen molar-refractivity contribution in [2.24, 2.45) is 0 Å². The van der Waals surface area contributed by atoms with Gasteiger partial charge in [0.1, 0.15) is 6.10 Å². The van der Waals surface area contributed by atoms with Crippen molar-refractivity contribution in [2.45, 2.75) is 32.3 Å². The Kier molecular flexibility index (Phi) is 7.11. The number of unbranched alkanes of at least 4 members (excludes halogenated alkanes) is 1. The normalized spacial score (nSPS) is 12.5. The monoisotopic (exact) mass is 157 g/mol. The highest BCUT2D eigenvalue weighted by Crippen LogP contribution is 2.02. The fourth-order valence-electron chi connectivity index (χ4n) is 0.770. The number of nitrogens with zero attached hydrogens (tertiary/aromatic N) is 1. The minimum Gasteiger partial charge on any atom is -0.394 e. The van der Waals surface area contributed by atoms with Crippen LogP contribution in [-0.2, 0) is 4.74 Å². The summed E-state index contributed by atoms with van der Waals surface area (Å²) in [6, 6.07) is 2.04. The molecule has 0 fully saturated rings. The van der Waals surface area contributed by atoms with E-state index < -0.39 is 0 Å². The molecule has 0 bridgehead atoms. The summed E-state index contributed by atoms with van der Waals surface area (Å²) in [4.78, 5) is 0. The van der Waals surface area contributed by atoms with E-state index in [0.717, 1.165) is 19.3 Å². The van der Waals surface area contributed by atoms with Crippen LogP contribution in [-0.4, -0.2) is 24.4 Å². The predicted molar refractivity (Wildman–Crippen MR) is 42.0 cm³/mol. The molecule has 0 aromatic carbocycles. The molecule has 0 aromatic heterocycles. The van der Waals surface area contributed by atoms with Crippen molar-refractivity contribution in [3.63, 3.8) is 0 Å². The first-order valence-corrected chi connectivity index (χ1v) is 3.97. The van der Waals surface area contributed by atoms with Crippen LogP contribution in [0.15, 0.2) is 0 Å². The summed E-state index contributed by atoms with van der Waals surface area (Å²) >= 11 is 0. The smallest absolute Gasteiger partial charge is 0.144 e. The Balaban J connectivity index is 3.35. The average Bonchev–Trinajstić information content (AvgIpc) is 2.05. The summed E-state index contributed by atoms with van der Waals surface area (Å²) in [5.41, 5.74) is 0. The van der Waals surface area contributed by atoms with E-state index in [2.05, 4.69) is 6.92 Å². The third-order valence-corrected chi connectivity index (χ3v) is 1.37. The fourth-order valence-corrected chi connectivity index (χ4v) is 0.770. The zero-order valence-corrected chi connectivity index (χ0v) is 6.92. The lowest BCUT2D eigenvalue weighted by Gasteiger charge is -2.07. The van der Waals surface area contributed by atoms with Gasteiger partial charge in [0, 0.05) is 0 Å². The third-order valence-electron chi connectivity index (χ3n) is 1.37. The molecule has 3 nitrogen and oxygen atoms in total. The first-order chi connectivity index (χ1) is 5.35. The van der Waals surface area contributed by atoms with E-state index in [1.54, 1.807) is 0 Å². The van der Waals surface area contributed by atoms with Gasteiger partial charge in [0.2, 0.25) is 0 Å². The van der Waals surface area contributed by atoms with Gasteiger partial charge in [0.05, 0.1) is 19.3 Å². The number of aliphatic hydroxyl groups is 1. The fraction of sp³-hybridized carbons (Fsp3) is 0.875. The first kappa shape index (κ1) is 10.4. The van der Waals surface area contributed by atoms with Crippen LogP contribution in [0.25, 0.3) is 0 Å². The van der Waals surface area contributed by atoms with Crippen molar-refractivity contribution in [2.75, 3.05) is 13.2 Å². The second-order valence-electron chi connectivity index (χ2n) is 2.35. The van der Waals surface area contributed by atoms with Crippen molar-refractivity contribution < 1.29 is 9.84 Å². The molecule has 0 aromatic rings. The van der Waals surface area contributed by atoms with Gasteiger partial charge in [-0.25, -0.2) is 0 Å². The quantitative estimate of drug-likeness (QED) is 0.627. The topological polar surface area (TPSA) is 53.2 Å². The van der Waals surface area contributed by atoms with Gasteiger partial charge in [-0.05, 0) is 6.42 Å². The van der Waals surface area contributed by atoms with E-state index in [4.69, 9.17) is 15.1 Å². The Hall–Kier alpha value is -0.590. The van der Waals surface area contributed by atoms with Crippen LogP contribution >= 0.6 is 0 Å². The maximum atomic E-state index is 8.52. The van der Waals surface area contributed by atoms with Gasteiger partial charge in [0.15, 0.2) is 0 Å². The van der Waals surface area contributed by atoms with Crippen LogP contribution in [0.1, 0.15) is 26.2 Å². The van der Waals surface area contributed by atoms with Crippen molar-refractivity contribution >= 4 is 0 Å². The molecule has 0 heterocycles. The molecule has 0 radical (unpaired) electrons. The van der Waals surface area contributed by atoms with E-state index in [1.165, 1.54) is 0 Å². The molecule has 0 spiro atoms. The predicted octanol–water partition coefficient (Wildman–Crippen LogP) is 1.08. The Morgan fingerprint density at radius 2 is 2.36 bits per heavy atom. The molecular weight excluding hydrogens is 142 g/mol. The van der Waals surface area contributed by atoms with E-state index in [0.29, 0.717) is 0 Å². The summed E-state index contributed by atoms with van der Waals surface area (Å²) in [7, 11) is 0. The molecule has 0 aliphatic carbocycles. The van der Waals surface area contributed by atoms with Gasteiger partial charge in [0.25, 0.3) is 0 Å². The van der Waals surface area contributed by atoms with E-state index in [1.807, 2.05) is 6.07 Å². The van der Waals surface area contributed by atoms with Gasteiger partial charge >= 0.3 is 0 Å². The van der Waals surface area contributed by atoms with Crippen molar-refractivity contribution in [3.8, 4) is 6.07 Å². The van der Waals surface area contributed by atoms with Gasteiger partial charge < -0.3 is 9.84 Å². The van der Waals surface area contributed by atoms with E-state index >= 15 is 0 Å². The minimum absolute atomic E-state index is 0.00962. The maximum absolute atomic E-state index is 8.52. The van der Waals surface area contributed by atoms with Crippen LogP contribution in [0, 0.1) is 11.3 Å². The third kappa shape index (κ3) is 5.84. The van der Waals surface area contributed by atoms with Gasteiger partial charge in [-0.15, -0.1) is 0 Å². The number of rotatable bonds is 6. The zero-order valence-electron chi connectivity index (χ0n) is 6.92. The average molecular weight is 157 g/mol. The molecule has 0 saturated carbocycles. The van der Waals surface area contributed by atoms with Gasteiger partial charge in [-0.2, -0.15) is 5.26 Å². The Morgan fingerprint density at radius 3 is 2.82 bits per heavy atom. The molecular formula is C8H15NO2. The molecule has 1 N–H and O–H groups in total. The van der Waals surface area contributed by atoms with Gasteiger partial charge in [-0.1, -0.05) is 19.8 Å². The molecule has 1 unspecified atom stereocenters. The Bertz CT molecular complexity index is 112. The Morgan fingerprint density at radius 1 is 1.64 bits per heavy atom. The van der Waals surface area contributed by atoms with Gasteiger partial charge in [-0.3, -0.25) is 0 Å². The highest BCUT2D eigenvalue weighted by Gasteiger charge is 2.04. The highest BCUT2D eigenvalue weighted by molar-refractivity contribution is 4.83. The lowest BCUT2D eigenvalue weighted by Crippen LogP contribution is -2.12. The van der Waals surface area contributed by atoms with Crippen molar-refractivity contribution in [3.05, 3.63) is 0 Å². The first-order valence-electron chi connectivity index (χ1n) is 3.97. The van der Waals surface area contributed by atoms with Crippen LogP contribution < -0.4 is 0 Å². The number of aliphatic hydroxyl groups excluding tert-OH is 1. The van der Waals surface area contributed by atoms with Crippen molar-refractivity contribution in [1.29, 1.82) is 5.26 Å². The molecule has 1 atom stereocenters. The number of ether oxygens (including phenoxy) is 1. The standard InChI is InChI=1S/C8H15NO2/c1-2-3-4-8(7-9)11-6-5-10/h8,10H,2-6H2,1H3. The van der Waals surface area contributed by atoms with Crippen LogP contribution in [0.2, 0.25) is 0 Å². The molecule has 64 valence electrons. The SMILES string of the molecule is CCCCC(C#N)OCCO. The van der Waals surface area contributed by atoms with Crippen LogP contribution in [0.5, 0.6) is 0 Å². The largest absolute Gasteiger partial charge is 0.394 e. The summed E-state index contributed by atoms with van der Waals surface area (Å²) in [5, 5.41) is 16.9. The molecule has 0 rings (SSSR count). The highest BCUT2D eigenvalue weighted by atomic mass is 16.5. The van der Waals surface area contributed by atoms with Crippen molar-refractivity contribution in [1.82, 2.24) is 0 Å². The Labute approximate surface area is 67.6 Å². The molecule has 0 amide bonds. The summed E-state index contributed by atoms with van der Waals surface area (Å²) in [5.74, 6) is 0. The molecule has 0 aliphatic rings. The van der Waals surface area contributed by atoms with E-state index in [-0.39, 0.29) is 19.3 Å². The number of hydrogen-bond acceptors (Lipinski definition) is 3. The van der Waals surface area contributed by atoms with Crippen LogP contribution in [0.3, 0.4) is 0 Å². The maximum Gasteiger partial charge on any atom is 0.144 e. The molecule has 0 saturated heterocycles. The summed E-state index contributed by atoms with van der Waals surface area (Å²) in [6.07, 6.45) is 2.51. The minimum atomic E-state index is -0.331. The number of nitriles is 1. The molecule has 11 heavy (non-hydrogen) atoms. The van der Waals surface area contributed by atoms with E-state index in [9.17, 15) is 0 Å². The van der Waals surface area contributed by atoms with Crippen LogP contribution in [0.4, 0.5) is 0 Å². The molecule has 3 heteroatoms. The number of hydrogen-bond donors (Lipinski definition) is 1. The second kappa shape index (κ2) is 7.52. The lowest BCUT2D eigenvalue weighted by molar-refractivity contribution is 0.0531. The lowest BCUT2D eigenvalue weighted by atomic mass is 10.2. The second-order valence-corrected chi connectivity index (χ2v) is 2.35. The summed E-state index contributed by atoms with van der Waals surface area (Å²) < 4.78 is 5.03.